The van der Waals surface area contributed by atoms with Gasteiger partial charge in [-0.3, -0.25) is 4.79 Å². The van der Waals surface area contributed by atoms with Gasteiger partial charge in [0.05, 0.1) is 11.1 Å². The molecule has 0 amide bonds. The van der Waals surface area contributed by atoms with Gasteiger partial charge in [0, 0.05) is 28.4 Å². The summed E-state index contributed by atoms with van der Waals surface area (Å²) in [5.74, 6) is 2.01. The molecule has 3 rings (SSSR count). The number of aliphatic hydroxyl groups excluding tert-OH is 1. The van der Waals surface area contributed by atoms with Crippen LogP contribution in [0.3, 0.4) is 0 Å². The zero-order valence-electron chi connectivity index (χ0n) is 18.1. The third-order valence-electron chi connectivity index (χ3n) is 4.54. The average molecular weight is 494 g/mol. The minimum absolute atomic E-state index is 0.00208. The molecule has 0 aliphatic heterocycles. The van der Waals surface area contributed by atoms with E-state index >= 15 is 0 Å². The largest absolute Gasteiger partial charge is 0.491 e. The maximum Gasteiger partial charge on any atom is 0.191 e. The van der Waals surface area contributed by atoms with Gasteiger partial charge in [0.2, 0.25) is 0 Å². The molecule has 0 spiro atoms. The van der Waals surface area contributed by atoms with Crippen molar-refractivity contribution in [2.24, 2.45) is 5.92 Å². The Balaban J connectivity index is 1.66. The van der Waals surface area contributed by atoms with Crippen molar-refractivity contribution in [3.63, 3.8) is 0 Å². The first-order valence-corrected chi connectivity index (χ1v) is 11.9. The zero-order valence-corrected chi connectivity index (χ0v) is 20.4. The molecule has 1 unspecified atom stereocenters. The molecule has 0 fully saturated rings. The van der Waals surface area contributed by atoms with Crippen LogP contribution in [0.15, 0.2) is 47.6 Å². The number of hydrogen-bond acceptors (Lipinski definition) is 6. The van der Waals surface area contributed by atoms with Gasteiger partial charge in [0.25, 0.3) is 0 Å². The van der Waals surface area contributed by atoms with Crippen LogP contribution in [0.25, 0.3) is 11.4 Å². The summed E-state index contributed by atoms with van der Waals surface area (Å²) < 4.78 is 7.65. The lowest BCUT2D eigenvalue weighted by molar-refractivity contribution is 0.101. The van der Waals surface area contributed by atoms with Crippen LogP contribution >= 0.6 is 35.0 Å². The van der Waals surface area contributed by atoms with E-state index in [9.17, 15) is 9.90 Å². The number of halogens is 2. The summed E-state index contributed by atoms with van der Waals surface area (Å²) >= 11 is 13.8. The summed E-state index contributed by atoms with van der Waals surface area (Å²) in [5.41, 5.74) is 1.38. The Kier molecular flexibility index (Phi) is 8.59. The van der Waals surface area contributed by atoms with E-state index in [2.05, 4.69) is 24.0 Å². The topological polar surface area (TPSA) is 77.2 Å². The van der Waals surface area contributed by atoms with Crippen LogP contribution in [0.4, 0.5) is 0 Å². The molecule has 1 N–H and O–H groups in total. The van der Waals surface area contributed by atoms with E-state index in [0.29, 0.717) is 50.6 Å². The highest BCUT2D eigenvalue weighted by atomic mass is 35.5. The Morgan fingerprint density at radius 1 is 1.16 bits per heavy atom. The number of aromatic nitrogens is 3. The molecule has 0 aliphatic carbocycles. The van der Waals surface area contributed by atoms with Crippen molar-refractivity contribution in [2.45, 2.75) is 38.6 Å². The number of rotatable bonds is 10. The first-order chi connectivity index (χ1) is 15.2. The summed E-state index contributed by atoms with van der Waals surface area (Å²) in [4.78, 5) is 11.4. The summed E-state index contributed by atoms with van der Waals surface area (Å²) in [6, 6.07) is 12.1. The molecule has 3 aromatic rings. The minimum atomic E-state index is -0.709. The summed E-state index contributed by atoms with van der Waals surface area (Å²) in [5, 5.41) is 20.8. The lowest BCUT2D eigenvalue weighted by atomic mass is 10.1. The van der Waals surface area contributed by atoms with Gasteiger partial charge in [-0.1, -0.05) is 48.8 Å². The van der Waals surface area contributed by atoms with Gasteiger partial charge in [-0.25, -0.2) is 0 Å². The number of aliphatic hydroxyl groups is 1. The highest BCUT2D eigenvalue weighted by molar-refractivity contribution is 7.99. The van der Waals surface area contributed by atoms with Crippen LogP contribution in [-0.2, 0) is 6.54 Å². The summed E-state index contributed by atoms with van der Waals surface area (Å²) in [6.45, 7) is 6.57. The van der Waals surface area contributed by atoms with E-state index in [-0.39, 0.29) is 12.4 Å². The van der Waals surface area contributed by atoms with Gasteiger partial charge < -0.3 is 14.4 Å². The second-order valence-corrected chi connectivity index (χ2v) is 9.62. The normalized spacial score (nSPS) is 12.2. The smallest absolute Gasteiger partial charge is 0.191 e. The molecule has 1 heterocycles. The number of carbonyl (C=O) groups excluding carboxylic acids is 1. The van der Waals surface area contributed by atoms with Gasteiger partial charge in [-0.05, 0) is 55.3 Å². The Hall–Kier alpha value is -2.06. The van der Waals surface area contributed by atoms with E-state index in [4.69, 9.17) is 27.9 Å². The van der Waals surface area contributed by atoms with Crippen molar-refractivity contribution in [3.8, 4) is 17.1 Å². The molecule has 170 valence electrons. The molecule has 0 aliphatic rings. The second-order valence-electron chi connectivity index (χ2n) is 7.79. The lowest BCUT2D eigenvalue weighted by Crippen LogP contribution is -2.20. The van der Waals surface area contributed by atoms with Gasteiger partial charge >= 0.3 is 0 Å². The van der Waals surface area contributed by atoms with Crippen LogP contribution in [0.1, 0.15) is 31.1 Å². The number of ether oxygens (including phenoxy) is 1. The van der Waals surface area contributed by atoms with E-state index in [0.717, 1.165) is 5.56 Å². The first-order valence-electron chi connectivity index (χ1n) is 10.2. The SMILES string of the molecule is CC(=O)c1ccc(OCC(O)CSc2nnc(-c3ccc(Cl)cc3Cl)n2CC(C)C)cc1. The van der Waals surface area contributed by atoms with Gasteiger partial charge in [0.15, 0.2) is 16.8 Å². The molecule has 0 saturated carbocycles. The number of carbonyl (C=O) groups is 1. The molecule has 0 bridgehead atoms. The number of nitrogens with zero attached hydrogens (tertiary/aromatic N) is 3. The van der Waals surface area contributed by atoms with Crippen LogP contribution < -0.4 is 4.74 Å². The van der Waals surface area contributed by atoms with Gasteiger partial charge in [0.1, 0.15) is 12.4 Å². The Bertz CT molecular complexity index is 1070. The fraction of sp³-hybridized carbons (Fsp3) is 0.348. The van der Waals surface area contributed by atoms with Crippen LogP contribution in [0, 0.1) is 5.92 Å². The number of Topliss-reactive ketones (excluding diaryl/α,β-unsaturated/α-hetero) is 1. The number of thioether (sulfide) groups is 1. The van der Waals surface area contributed by atoms with Crippen molar-refractivity contribution in [3.05, 3.63) is 58.1 Å². The molecule has 2 aromatic carbocycles. The quantitative estimate of drug-likeness (QED) is 0.290. The van der Waals surface area contributed by atoms with Crippen molar-refractivity contribution >= 4 is 40.7 Å². The molecule has 0 saturated heterocycles. The third kappa shape index (κ3) is 6.48. The lowest BCUT2D eigenvalue weighted by Gasteiger charge is -2.15. The summed E-state index contributed by atoms with van der Waals surface area (Å²) in [6.07, 6.45) is -0.709. The number of benzene rings is 2. The predicted octanol–water partition coefficient (Wildman–Crippen LogP) is 5.64. The van der Waals surface area contributed by atoms with Gasteiger partial charge in [-0.15, -0.1) is 10.2 Å². The fourth-order valence-corrected chi connectivity index (χ4v) is 4.34. The van der Waals surface area contributed by atoms with E-state index in [1.165, 1.54) is 18.7 Å². The Morgan fingerprint density at radius 2 is 1.88 bits per heavy atom. The van der Waals surface area contributed by atoms with Gasteiger partial charge in [-0.2, -0.15) is 0 Å². The number of hydrogen-bond donors (Lipinski definition) is 1. The maximum atomic E-state index is 11.4. The molecule has 32 heavy (non-hydrogen) atoms. The zero-order chi connectivity index (χ0) is 23.3. The van der Waals surface area contributed by atoms with Crippen LogP contribution in [0.2, 0.25) is 10.0 Å². The molecule has 1 atom stereocenters. The molecular formula is C23H25Cl2N3O3S. The van der Waals surface area contributed by atoms with Crippen molar-refractivity contribution < 1.29 is 14.6 Å². The van der Waals surface area contributed by atoms with Crippen LogP contribution in [0.5, 0.6) is 5.75 Å². The molecule has 9 heteroatoms. The monoisotopic (exact) mass is 493 g/mol. The standard InChI is InChI=1S/C23H25Cl2N3O3S/c1-14(2)11-28-22(20-9-6-17(24)10-21(20)25)26-27-23(28)32-13-18(30)12-31-19-7-4-16(5-8-19)15(3)29/h4-10,14,18,30H,11-13H2,1-3H3. The molecule has 6 nitrogen and oxygen atoms in total. The maximum absolute atomic E-state index is 11.4. The van der Waals surface area contributed by atoms with E-state index in [1.54, 1.807) is 36.4 Å². The predicted molar refractivity (Wildman–Crippen MR) is 129 cm³/mol. The van der Waals surface area contributed by atoms with Crippen molar-refractivity contribution in [1.82, 2.24) is 14.8 Å². The van der Waals surface area contributed by atoms with E-state index < -0.39 is 6.10 Å². The Labute approximate surface area is 201 Å². The van der Waals surface area contributed by atoms with Crippen molar-refractivity contribution in [2.75, 3.05) is 12.4 Å². The number of ketones is 1. The minimum Gasteiger partial charge on any atom is -0.491 e. The third-order valence-corrected chi connectivity index (χ3v) is 6.20. The molecule has 0 radical (unpaired) electrons. The highest BCUT2D eigenvalue weighted by Crippen LogP contribution is 2.32. The Morgan fingerprint density at radius 3 is 2.50 bits per heavy atom. The average Bonchev–Trinajstić information content (AvgIpc) is 3.12. The second kappa shape index (κ2) is 11.2. The summed E-state index contributed by atoms with van der Waals surface area (Å²) in [7, 11) is 0. The molecular weight excluding hydrogens is 469 g/mol. The van der Waals surface area contributed by atoms with Crippen molar-refractivity contribution in [1.29, 1.82) is 0 Å². The fourth-order valence-electron chi connectivity index (χ4n) is 2.99. The first kappa shape index (κ1) is 24.6. The van der Waals surface area contributed by atoms with Crippen LogP contribution in [-0.4, -0.2) is 44.1 Å². The highest BCUT2D eigenvalue weighted by Gasteiger charge is 2.19. The van der Waals surface area contributed by atoms with E-state index in [1.807, 2.05) is 10.6 Å². The molecule has 1 aromatic heterocycles.